The predicted octanol–water partition coefficient (Wildman–Crippen LogP) is 13.9. The summed E-state index contributed by atoms with van der Waals surface area (Å²) >= 11 is 0. The lowest BCUT2D eigenvalue weighted by atomic mass is 9.42. The van der Waals surface area contributed by atoms with E-state index in [1.807, 2.05) is 37.6 Å². The Morgan fingerprint density at radius 2 is 0.661 bits per heavy atom. The minimum absolute atomic E-state index is 0.0399. The van der Waals surface area contributed by atoms with Crippen LogP contribution in [-0.2, 0) is 9.98 Å². The zero-order valence-electron chi connectivity index (χ0n) is 35.4. The molecule has 304 valence electrons. The first-order valence-corrected chi connectivity index (χ1v) is 24.8. The molecule has 7 aromatic carbocycles. The average molecular weight is 824 g/mol. The highest BCUT2D eigenvalue weighted by molar-refractivity contribution is 7.70. The van der Waals surface area contributed by atoms with Crippen molar-refractivity contribution in [2.75, 3.05) is 13.3 Å². The molecular formula is C57H50N3OP. The Morgan fingerprint density at radius 3 is 1.02 bits per heavy atom. The van der Waals surface area contributed by atoms with E-state index in [2.05, 4.69) is 158 Å². The van der Waals surface area contributed by atoms with E-state index in [0.29, 0.717) is 29.3 Å². The van der Waals surface area contributed by atoms with Gasteiger partial charge >= 0.3 is 0 Å². The Hall–Kier alpha value is -6.22. The predicted molar refractivity (Wildman–Crippen MR) is 256 cm³/mol. The van der Waals surface area contributed by atoms with Crippen molar-refractivity contribution in [2.24, 2.45) is 23.7 Å². The van der Waals surface area contributed by atoms with Gasteiger partial charge < -0.3 is 4.57 Å². The minimum Gasteiger partial charge on any atom is -0.319 e. The van der Waals surface area contributed by atoms with Gasteiger partial charge in [0.25, 0.3) is 0 Å². The van der Waals surface area contributed by atoms with Crippen LogP contribution in [0.5, 0.6) is 0 Å². The number of nitrogens with zero attached hydrogens (tertiary/aromatic N) is 3. The quantitative estimate of drug-likeness (QED) is 0.136. The molecule has 4 aliphatic carbocycles. The second-order valence-corrected chi connectivity index (χ2v) is 21.6. The van der Waals surface area contributed by atoms with Gasteiger partial charge in [-0.05, 0) is 114 Å². The standard InChI is InChI=1S/C57H50N3OP/c1-62(2,61)53-31-25-45(26-32-53)44-21-27-49(28-22-44)57(51-34-38-33-39(36-51)37-52(57)35-38)50-29-23-48(24-30-50)56-59-54(46-17-13-42(14-18-46)40-9-5-3-6-10-40)58-55(60-56)47-19-15-43(16-20-47)41-11-7-4-8-12-41/h3-32,38-39,51-52H,33-37H2,1-2H3. The Morgan fingerprint density at radius 1 is 0.371 bits per heavy atom. The molecule has 4 aliphatic rings. The van der Waals surface area contributed by atoms with Crippen molar-refractivity contribution in [2.45, 2.75) is 37.5 Å². The summed E-state index contributed by atoms with van der Waals surface area (Å²) in [5, 5.41) is 0.925. The van der Waals surface area contributed by atoms with E-state index in [-0.39, 0.29) is 5.41 Å². The van der Waals surface area contributed by atoms with Gasteiger partial charge in [-0.1, -0.05) is 182 Å². The molecule has 0 amide bonds. The topological polar surface area (TPSA) is 55.7 Å². The van der Waals surface area contributed by atoms with Crippen molar-refractivity contribution in [3.05, 3.63) is 193 Å². The van der Waals surface area contributed by atoms with Crippen molar-refractivity contribution < 1.29 is 4.57 Å². The maximum Gasteiger partial charge on any atom is 0.164 e. The van der Waals surface area contributed by atoms with Crippen molar-refractivity contribution in [1.82, 2.24) is 15.0 Å². The second-order valence-electron chi connectivity index (χ2n) is 18.4. The Labute approximate surface area is 365 Å². The van der Waals surface area contributed by atoms with Crippen LogP contribution in [-0.4, -0.2) is 28.3 Å². The summed E-state index contributed by atoms with van der Waals surface area (Å²) in [6.07, 6.45) is 6.63. The van der Waals surface area contributed by atoms with Gasteiger partial charge in [0.05, 0.1) is 0 Å². The monoisotopic (exact) mass is 823 g/mol. The summed E-state index contributed by atoms with van der Waals surface area (Å²) in [7, 11) is -2.30. The molecule has 0 atom stereocenters. The van der Waals surface area contributed by atoms with Crippen LogP contribution in [0, 0.1) is 23.7 Å². The van der Waals surface area contributed by atoms with E-state index < -0.39 is 7.14 Å². The fraction of sp³-hybridized carbons (Fsp3) is 0.211. The molecule has 1 aromatic heterocycles. The van der Waals surface area contributed by atoms with Crippen LogP contribution < -0.4 is 5.30 Å². The number of hydrogen-bond acceptors (Lipinski definition) is 4. The third kappa shape index (κ3) is 7.05. The van der Waals surface area contributed by atoms with Gasteiger partial charge in [-0.25, -0.2) is 15.0 Å². The molecule has 0 radical (unpaired) electrons. The van der Waals surface area contributed by atoms with E-state index in [1.54, 1.807) is 0 Å². The molecule has 0 aliphatic heterocycles. The first-order valence-electron chi connectivity index (χ1n) is 22.2. The first-order chi connectivity index (χ1) is 30.3. The van der Waals surface area contributed by atoms with Crippen LogP contribution in [0.15, 0.2) is 182 Å². The molecule has 8 aromatic rings. The van der Waals surface area contributed by atoms with E-state index in [0.717, 1.165) is 50.5 Å². The summed E-state index contributed by atoms with van der Waals surface area (Å²) in [5.74, 6) is 4.92. The number of rotatable bonds is 9. The molecular weight excluding hydrogens is 774 g/mol. The normalized spacial score (nSPS) is 21.5. The van der Waals surface area contributed by atoms with Crippen molar-refractivity contribution >= 4 is 12.4 Å². The van der Waals surface area contributed by atoms with Gasteiger partial charge in [0, 0.05) is 27.4 Å². The highest BCUT2D eigenvalue weighted by Gasteiger charge is 2.58. The average Bonchev–Trinajstić information content (AvgIpc) is 3.32. The summed E-state index contributed by atoms with van der Waals surface area (Å²) in [6, 6.07) is 65.1. The third-order valence-electron chi connectivity index (χ3n) is 14.4. The van der Waals surface area contributed by atoms with Gasteiger partial charge in [-0.3, -0.25) is 0 Å². The van der Waals surface area contributed by atoms with Crippen LogP contribution in [0.25, 0.3) is 67.5 Å². The molecule has 1 heterocycles. The largest absolute Gasteiger partial charge is 0.319 e. The molecule has 4 fully saturated rings. The van der Waals surface area contributed by atoms with Crippen LogP contribution in [0.3, 0.4) is 0 Å². The highest BCUT2D eigenvalue weighted by Crippen LogP contribution is 2.65. The molecule has 5 heteroatoms. The van der Waals surface area contributed by atoms with E-state index in [4.69, 9.17) is 15.0 Å². The van der Waals surface area contributed by atoms with E-state index >= 15 is 0 Å². The Kier molecular flexibility index (Phi) is 9.73. The van der Waals surface area contributed by atoms with Crippen LogP contribution in [0.4, 0.5) is 0 Å². The molecule has 4 saturated carbocycles. The molecule has 0 saturated heterocycles. The van der Waals surface area contributed by atoms with Gasteiger partial charge in [0.1, 0.15) is 7.14 Å². The van der Waals surface area contributed by atoms with E-state index in [1.165, 1.54) is 59.9 Å². The van der Waals surface area contributed by atoms with Crippen LogP contribution in [0.1, 0.15) is 43.2 Å². The Bertz CT molecular complexity index is 2780. The molecule has 0 N–H and O–H groups in total. The number of hydrogen-bond donors (Lipinski definition) is 0. The first kappa shape index (κ1) is 38.7. The molecule has 0 unspecified atom stereocenters. The lowest BCUT2D eigenvalue weighted by Crippen LogP contribution is -2.56. The van der Waals surface area contributed by atoms with Crippen LogP contribution >= 0.6 is 7.14 Å². The van der Waals surface area contributed by atoms with Gasteiger partial charge in [0.2, 0.25) is 0 Å². The second kappa shape index (κ2) is 15.6. The minimum atomic E-state index is -2.30. The maximum atomic E-state index is 12.7. The van der Waals surface area contributed by atoms with Crippen molar-refractivity contribution in [3.63, 3.8) is 0 Å². The lowest BCUT2D eigenvalue weighted by Gasteiger charge is -2.62. The van der Waals surface area contributed by atoms with Gasteiger partial charge in [-0.15, -0.1) is 0 Å². The molecule has 4 nitrogen and oxygen atoms in total. The molecule has 0 spiro atoms. The highest BCUT2D eigenvalue weighted by atomic mass is 31.2. The third-order valence-corrected chi connectivity index (χ3v) is 15.9. The SMILES string of the molecule is CP(C)(=O)c1ccc(-c2ccc(C3(c4ccc(-c5nc(-c6ccc(-c7ccccc7)cc6)nc(-c6ccc(-c7ccccc7)cc6)n5)cc4)C4CC5CC(C4)CC3C5)cc2)cc1. The zero-order valence-corrected chi connectivity index (χ0v) is 36.3. The summed E-state index contributed by atoms with van der Waals surface area (Å²) < 4.78 is 12.7. The van der Waals surface area contributed by atoms with E-state index in [9.17, 15) is 4.57 Å². The van der Waals surface area contributed by atoms with Crippen LogP contribution in [0.2, 0.25) is 0 Å². The summed E-state index contributed by atoms with van der Waals surface area (Å²) in [5.41, 5.74) is 12.7. The molecule has 62 heavy (non-hydrogen) atoms. The van der Waals surface area contributed by atoms with Gasteiger partial charge in [-0.2, -0.15) is 0 Å². The lowest BCUT2D eigenvalue weighted by molar-refractivity contribution is -0.0418. The van der Waals surface area contributed by atoms with Crippen molar-refractivity contribution in [1.29, 1.82) is 0 Å². The fourth-order valence-corrected chi connectivity index (χ4v) is 12.4. The smallest absolute Gasteiger partial charge is 0.164 e. The zero-order chi connectivity index (χ0) is 41.8. The van der Waals surface area contributed by atoms with Crippen molar-refractivity contribution in [3.8, 4) is 67.5 Å². The summed E-state index contributed by atoms with van der Waals surface area (Å²) in [6.45, 7) is 3.68. The maximum absolute atomic E-state index is 12.7. The molecule has 12 rings (SSSR count). The summed E-state index contributed by atoms with van der Waals surface area (Å²) in [4.78, 5) is 15.5. The number of benzene rings is 7. The number of aromatic nitrogens is 3. The fourth-order valence-electron chi connectivity index (χ4n) is 11.5. The van der Waals surface area contributed by atoms with Gasteiger partial charge in [0.15, 0.2) is 17.5 Å². The molecule has 4 bridgehead atoms. The Balaban J connectivity index is 0.972.